The van der Waals surface area contributed by atoms with Crippen LogP contribution in [0.25, 0.3) is 0 Å². The van der Waals surface area contributed by atoms with E-state index in [0.717, 1.165) is 0 Å². The average molecular weight is 165 g/mol. The normalized spacial score (nSPS) is 11.2. The monoisotopic (exact) mass is 165 g/mol. The highest BCUT2D eigenvalue weighted by Gasteiger charge is 1.92. The molecule has 0 spiro atoms. The van der Waals surface area contributed by atoms with Crippen LogP contribution in [0, 0.1) is 0 Å². The first-order valence-electron chi connectivity index (χ1n) is 3.79. The van der Waals surface area contributed by atoms with Crippen molar-refractivity contribution >= 4 is 11.8 Å². The van der Waals surface area contributed by atoms with E-state index >= 15 is 0 Å². The zero-order valence-corrected chi connectivity index (χ0v) is 6.52. The van der Waals surface area contributed by atoms with Gasteiger partial charge in [0, 0.05) is 0 Å². The van der Waals surface area contributed by atoms with E-state index in [0.29, 0.717) is 11.7 Å². The molecular formula is C8H8N2O2. The molecule has 0 N–H and O–H groups in total. The van der Waals surface area contributed by atoms with E-state index in [1.54, 1.807) is 24.3 Å². The molecule has 0 bridgehead atoms. The maximum atomic E-state index is 10.5. The van der Waals surface area contributed by atoms with Crippen LogP contribution < -0.4 is 0 Å². The third-order valence-electron chi connectivity index (χ3n) is 1.12. The molecule has 0 saturated heterocycles. The molecule has 0 fully saturated rings. The van der Waals surface area contributed by atoms with Crippen molar-refractivity contribution in [3.63, 3.8) is 0 Å². The van der Waals surface area contributed by atoms with Gasteiger partial charge in [0.2, 0.25) is 0 Å². The molecule has 0 heterocycles. The average Bonchev–Trinajstić information content (AvgIpc) is 2.16. The molecule has 1 rings (SSSR count). The summed E-state index contributed by atoms with van der Waals surface area (Å²) in [5.41, 5.74) is 0.515. The summed E-state index contributed by atoms with van der Waals surface area (Å²) >= 11 is 0. The lowest BCUT2D eigenvalue weighted by atomic mass is 10.3. The topological polar surface area (TPSA) is 51.0 Å². The number of carbonyl (C=O) groups excluding carboxylic acids is 1. The molecule has 1 aromatic carbocycles. The predicted octanol–water partition coefficient (Wildman–Crippen LogP) is 2.54. The summed E-state index contributed by atoms with van der Waals surface area (Å²) in [6.07, 6.45) is -0.741. The highest BCUT2D eigenvalue weighted by atomic mass is 16.5. The van der Waals surface area contributed by atoms with Gasteiger partial charge in [0.1, 0.15) is 0 Å². The largest absolute Gasteiger partial charge is 0.452 e. The van der Waals surface area contributed by atoms with Crippen LogP contribution >= 0.6 is 0 Å². The Labute approximate surface area is 71.3 Å². The maximum absolute atomic E-state index is 10.5. The summed E-state index contributed by atoms with van der Waals surface area (Å²) < 4.78 is 11.4. The van der Waals surface area contributed by atoms with Gasteiger partial charge in [0.15, 0.2) is 0 Å². The summed E-state index contributed by atoms with van der Waals surface area (Å²) in [4.78, 5) is 10.5. The summed E-state index contributed by atoms with van der Waals surface area (Å²) in [5, 5.41) is 6.83. The number of carbonyl (C=O) groups is 1. The standard InChI is InChI=1S/C8H8N2O2/c1-12-8(11)10-9-7-5-3-2-4-6-7/h2-6H,1H3/i2D. The molecule has 12 heavy (non-hydrogen) atoms. The van der Waals surface area contributed by atoms with Crippen LogP contribution in [0.3, 0.4) is 0 Å². The van der Waals surface area contributed by atoms with Crippen molar-refractivity contribution in [1.29, 1.82) is 0 Å². The highest BCUT2D eigenvalue weighted by molar-refractivity contribution is 5.67. The van der Waals surface area contributed by atoms with E-state index in [1.165, 1.54) is 7.11 Å². The van der Waals surface area contributed by atoms with Crippen LogP contribution in [0.5, 0.6) is 0 Å². The Bertz CT molecular complexity index is 321. The summed E-state index contributed by atoms with van der Waals surface area (Å²) in [6, 6.07) is 6.69. The van der Waals surface area contributed by atoms with E-state index in [-0.39, 0.29) is 0 Å². The minimum atomic E-state index is -0.741. The molecule has 62 valence electrons. The second-order valence-corrected chi connectivity index (χ2v) is 1.93. The number of ether oxygens (including phenoxy) is 1. The number of hydrogen-bond donors (Lipinski definition) is 0. The Morgan fingerprint density at radius 3 is 2.83 bits per heavy atom. The van der Waals surface area contributed by atoms with Crippen molar-refractivity contribution in [3.05, 3.63) is 30.3 Å². The molecule has 4 nitrogen and oxygen atoms in total. The van der Waals surface area contributed by atoms with Crippen molar-refractivity contribution in [2.45, 2.75) is 0 Å². The predicted molar refractivity (Wildman–Crippen MR) is 43.4 cm³/mol. The van der Waals surface area contributed by atoms with E-state index in [2.05, 4.69) is 15.0 Å². The second-order valence-electron chi connectivity index (χ2n) is 1.93. The zero-order valence-electron chi connectivity index (χ0n) is 7.52. The quantitative estimate of drug-likeness (QED) is 0.600. The minimum absolute atomic E-state index is 0.386. The summed E-state index contributed by atoms with van der Waals surface area (Å²) in [7, 11) is 1.23. The number of hydrogen-bond acceptors (Lipinski definition) is 3. The molecule has 0 aliphatic rings. The number of amides is 1. The highest BCUT2D eigenvalue weighted by Crippen LogP contribution is 2.09. The van der Waals surface area contributed by atoms with Crippen LogP contribution in [-0.2, 0) is 4.74 Å². The van der Waals surface area contributed by atoms with Gasteiger partial charge in [-0.3, -0.25) is 0 Å². The Morgan fingerprint density at radius 2 is 2.25 bits per heavy atom. The van der Waals surface area contributed by atoms with Crippen molar-refractivity contribution in [3.8, 4) is 0 Å². The van der Waals surface area contributed by atoms with Gasteiger partial charge < -0.3 is 4.74 Å². The minimum Gasteiger partial charge on any atom is -0.450 e. The SMILES string of the molecule is [2H]c1ccc(N=NC(=O)OC)cc1. The Balaban J connectivity index is 2.69. The number of rotatable bonds is 1. The van der Waals surface area contributed by atoms with Crippen molar-refractivity contribution < 1.29 is 10.9 Å². The smallest absolute Gasteiger partial charge is 0.450 e. The van der Waals surface area contributed by atoms with Gasteiger partial charge in [-0.1, -0.05) is 23.3 Å². The fourth-order valence-corrected chi connectivity index (χ4v) is 0.584. The third kappa shape index (κ3) is 2.49. The molecule has 0 radical (unpaired) electrons. The van der Waals surface area contributed by atoms with Crippen molar-refractivity contribution in [2.24, 2.45) is 10.2 Å². The van der Waals surface area contributed by atoms with Gasteiger partial charge in [0.05, 0.1) is 14.2 Å². The lowest BCUT2D eigenvalue weighted by Crippen LogP contribution is -1.89. The number of azo groups is 1. The number of methoxy groups -OCH3 is 1. The van der Waals surface area contributed by atoms with Gasteiger partial charge in [0.25, 0.3) is 0 Å². The first-order chi connectivity index (χ1) is 6.22. The molecular weight excluding hydrogens is 156 g/mol. The Morgan fingerprint density at radius 1 is 1.58 bits per heavy atom. The third-order valence-corrected chi connectivity index (χ3v) is 1.12. The lowest BCUT2D eigenvalue weighted by Gasteiger charge is -1.89. The number of benzene rings is 1. The maximum Gasteiger partial charge on any atom is 0.452 e. The summed E-state index contributed by atoms with van der Waals surface area (Å²) in [6.45, 7) is 0. The first-order valence-corrected chi connectivity index (χ1v) is 3.29. The fourth-order valence-electron chi connectivity index (χ4n) is 0.584. The van der Waals surface area contributed by atoms with Gasteiger partial charge in [-0.05, 0) is 12.1 Å². The van der Waals surface area contributed by atoms with E-state index in [9.17, 15) is 4.79 Å². The van der Waals surface area contributed by atoms with Crippen molar-refractivity contribution in [2.75, 3.05) is 7.11 Å². The van der Waals surface area contributed by atoms with Crippen LogP contribution in [0.15, 0.2) is 40.5 Å². The van der Waals surface area contributed by atoms with E-state index in [4.69, 9.17) is 1.37 Å². The fraction of sp³-hybridized carbons (Fsp3) is 0.125. The summed E-state index contributed by atoms with van der Waals surface area (Å²) in [5.74, 6) is 0. The Kier molecular flexibility index (Phi) is 2.45. The van der Waals surface area contributed by atoms with Crippen LogP contribution in [0.2, 0.25) is 0 Å². The van der Waals surface area contributed by atoms with Crippen molar-refractivity contribution in [1.82, 2.24) is 0 Å². The Hall–Kier alpha value is -1.71. The van der Waals surface area contributed by atoms with Gasteiger partial charge in [-0.15, -0.1) is 5.11 Å². The zero-order chi connectivity index (χ0) is 9.68. The molecule has 0 atom stereocenters. The van der Waals surface area contributed by atoms with Gasteiger partial charge in [-0.25, -0.2) is 4.79 Å². The molecule has 1 amide bonds. The molecule has 0 aliphatic carbocycles. The molecule has 0 saturated carbocycles. The molecule has 0 aliphatic heterocycles. The second kappa shape index (κ2) is 4.23. The molecule has 0 aromatic heterocycles. The van der Waals surface area contributed by atoms with Gasteiger partial charge >= 0.3 is 6.09 Å². The van der Waals surface area contributed by atoms with Crippen LogP contribution in [-0.4, -0.2) is 13.2 Å². The lowest BCUT2D eigenvalue weighted by molar-refractivity contribution is 0.181. The molecule has 1 aromatic rings. The van der Waals surface area contributed by atoms with Crippen LogP contribution in [0.1, 0.15) is 1.37 Å². The van der Waals surface area contributed by atoms with E-state index in [1.807, 2.05) is 0 Å². The van der Waals surface area contributed by atoms with E-state index < -0.39 is 6.09 Å². The first kappa shape index (κ1) is 6.97. The van der Waals surface area contributed by atoms with Gasteiger partial charge in [-0.2, -0.15) is 0 Å². The molecule has 4 heteroatoms. The van der Waals surface area contributed by atoms with Crippen LogP contribution in [0.4, 0.5) is 10.5 Å². The number of nitrogens with zero attached hydrogens (tertiary/aromatic N) is 2. The molecule has 0 unspecified atom stereocenters.